The summed E-state index contributed by atoms with van der Waals surface area (Å²) in [5, 5.41) is 6.61. The Morgan fingerprint density at radius 3 is 2.79 bits per heavy atom. The second kappa shape index (κ2) is 6.68. The number of benzene rings is 1. The summed E-state index contributed by atoms with van der Waals surface area (Å²) in [5.74, 6) is 0.956. The molecule has 19 heavy (non-hydrogen) atoms. The van der Waals surface area contributed by atoms with Gasteiger partial charge in [-0.15, -0.1) is 11.3 Å². The lowest BCUT2D eigenvalue weighted by atomic mass is 10.0. The van der Waals surface area contributed by atoms with Gasteiger partial charge < -0.3 is 10.1 Å². The predicted octanol–water partition coefficient (Wildman–Crippen LogP) is 3.35. The number of aryl methyl sites for hydroxylation is 1. The molecule has 1 unspecified atom stereocenters. The Kier molecular flexibility index (Phi) is 4.93. The van der Waals surface area contributed by atoms with Crippen LogP contribution < -0.4 is 10.1 Å². The van der Waals surface area contributed by atoms with E-state index in [9.17, 15) is 0 Å². The number of hydrogen-bond acceptors (Lipinski definition) is 4. The van der Waals surface area contributed by atoms with Crippen molar-refractivity contribution in [3.63, 3.8) is 0 Å². The highest BCUT2D eigenvalue weighted by atomic mass is 32.1. The number of para-hydroxylation sites is 1. The van der Waals surface area contributed by atoms with Crippen LogP contribution in [0.4, 0.5) is 0 Å². The number of nitrogens with one attached hydrogen (secondary N) is 1. The van der Waals surface area contributed by atoms with Gasteiger partial charge >= 0.3 is 0 Å². The first-order chi connectivity index (χ1) is 9.24. The third-order valence-electron chi connectivity index (χ3n) is 2.99. The lowest BCUT2D eigenvalue weighted by Gasteiger charge is -2.19. The molecule has 3 nitrogen and oxygen atoms in total. The Hall–Kier alpha value is -1.39. The fourth-order valence-electron chi connectivity index (χ4n) is 2.09. The number of thiazole rings is 1. The van der Waals surface area contributed by atoms with Crippen molar-refractivity contribution in [1.82, 2.24) is 10.3 Å². The highest BCUT2D eigenvalue weighted by Crippen LogP contribution is 2.28. The molecule has 1 aromatic heterocycles. The van der Waals surface area contributed by atoms with Gasteiger partial charge in [0.15, 0.2) is 0 Å². The lowest BCUT2D eigenvalue weighted by Crippen LogP contribution is -2.19. The Bertz CT molecular complexity index is 524. The molecule has 2 aromatic rings. The number of likely N-dealkylation sites (N-methyl/N-ethyl adjacent to an activating group) is 1. The quantitative estimate of drug-likeness (QED) is 0.878. The third-order valence-corrected chi connectivity index (χ3v) is 3.98. The molecule has 1 heterocycles. The molecule has 1 N–H and O–H groups in total. The van der Waals surface area contributed by atoms with Gasteiger partial charge in [-0.1, -0.05) is 18.2 Å². The molecule has 0 aliphatic heterocycles. The number of nitrogens with zero attached hydrogens (tertiary/aromatic N) is 1. The smallest absolute Gasteiger partial charge is 0.124 e. The van der Waals surface area contributed by atoms with Crippen LogP contribution in [0.5, 0.6) is 5.75 Å². The number of ether oxygens (including phenoxy) is 1. The molecule has 0 saturated heterocycles. The predicted molar refractivity (Wildman–Crippen MR) is 80.0 cm³/mol. The van der Waals surface area contributed by atoms with Gasteiger partial charge in [0.05, 0.1) is 11.6 Å². The Morgan fingerprint density at radius 2 is 2.16 bits per heavy atom. The normalized spacial score (nSPS) is 12.4. The average molecular weight is 276 g/mol. The van der Waals surface area contributed by atoms with Crippen molar-refractivity contribution in [3.05, 3.63) is 45.9 Å². The van der Waals surface area contributed by atoms with Gasteiger partial charge in [-0.25, -0.2) is 4.98 Å². The zero-order valence-electron chi connectivity index (χ0n) is 11.6. The van der Waals surface area contributed by atoms with Gasteiger partial charge in [-0.3, -0.25) is 0 Å². The molecule has 0 saturated carbocycles. The van der Waals surface area contributed by atoms with Crippen LogP contribution in [-0.4, -0.2) is 18.6 Å². The summed E-state index contributed by atoms with van der Waals surface area (Å²) >= 11 is 1.72. The fourth-order valence-corrected chi connectivity index (χ4v) is 2.91. The van der Waals surface area contributed by atoms with Gasteiger partial charge in [-0.05, 0) is 27.0 Å². The number of aromatic nitrogens is 1. The van der Waals surface area contributed by atoms with E-state index < -0.39 is 0 Å². The average Bonchev–Trinajstić information content (AvgIpc) is 2.83. The molecule has 2 rings (SSSR count). The van der Waals surface area contributed by atoms with Crippen molar-refractivity contribution in [2.24, 2.45) is 0 Å². The lowest BCUT2D eigenvalue weighted by molar-refractivity contribution is 0.332. The summed E-state index contributed by atoms with van der Waals surface area (Å²) in [7, 11) is 1.98. The number of hydrogen-bond donors (Lipinski definition) is 1. The maximum atomic E-state index is 5.71. The summed E-state index contributed by atoms with van der Waals surface area (Å²) in [6.45, 7) is 4.72. The first kappa shape index (κ1) is 14.0. The van der Waals surface area contributed by atoms with Crippen LogP contribution in [0.15, 0.2) is 29.6 Å². The molecule has 4 heteroatoms. The van der Waals surface area contributed by atoms with Crippen LogP contribution in [0.25, 0.3) is 0 Å². The summed E-state index contributed by atoms with van der Waals surface area (Å²) in [4.78, 5) is 4.54. The van der Waals surface area contributed by atoms with Crippen molar-refractivity contribution >= 4 is 11.3 Å². The van der Waals surface area contributed by atoms with Crippen LogP contribution in [0.2, 0.25) is 0 Å². The van der Waals surface area contributed by atoms with E-state index in [1.807, 2.05) is 33.0 Å². The second-order valence-corrected chi connectivity index (χ2v) is 5.34. The van der Waals surface area contributed by atoms with E-state index in [2.05, 4.69) is 27.8 Å². The zero-order chi connectivity index (χ0) is 13.7. The largest absolute Gasteiger partial charge is 0.494 e. The fraction of sp³-hybridized carbons (Fsp3) is 0.400. The molecule has 0 radical (unpaired) electrons. The van der Waals surface area contributed by atoms with Crippen LogP contribution in [0.3, 0.4) is 0 Å². The van der Waals surface area contributed by atoms with Crippen LogP contribution in [-0.2, 0) is 6.42 Å². The first-order valence-corrected chi connectivity index (χ1v) is 7.42. The molecule has 1 atom stereocenters. The monoisotopic (exact) mass is 276 g/mol. The molecule has 102 valence electrons. The van der Waals surface area contributed by atoms with E-state index >= 15 is 0 Å². The Morgan fingerprint density at radius 1 is 1.37 bits per heavy atom. The van der Waals surface area contributed by atoms with E-state index in [-0.39, 0.29) is 6.04 Å². The maximum Gasteiger partial charge on any atom is 0.124 e. The van der Waals surface area contributed by atoms with Crippen molar-refractivity contribution in [2.75, 3.05) is 13.7 Å². The maximum absolute atomic E-state index is 5.71. The summed E-state index contributed by atoms with van der Waals surface area (Å²) in [5.41, 5.74) is 2.28. The minimum absolute atomic E-state index is 0.230. The summed E-state index contributed by atoms with van der Waals surface area (Å²) in [6, 6.07) is 8.43. The highest BCUT2D eigenvalue weighted by Gasteiger charge is 2.16. The molecule has 0 spiro atoms. The molecule has 0 fully saturated rings. The van der Waals surface area contributed by atoms with Crippen LogP contribution >= 0.6 is 11.3 Å². The van der Waals surface area contributed by atoms with Gasteiger partial charge in [0.1, 0.15) is 5.75 Å². The first-order valence-electron chi connectivity index (χ1n) is 6.54. The van der Waals surface area contributed by atoms with Crippen molar-refractivity contribution in [3.8, 4) is 5.75 Å². The van der Waals surface area contributed by atoms with E-state index in [4.69, 9.17) is 4.74 Å². The Balaban J connectivity index is 2.21. The minimum atomic E-state index is 0.230. The van der Waals surface area contributed by atoms with Crippen molar-refractivity contribution in [1.29, 1.82) is 0 Å². The van der Waals surface area contributed by atoms with E-state index in [0.717, 1.165) is 22.9 Å². The third kappa shape index (κ3) is 3.55. The highest BCUT2D eigenvalue weighted by molar-refractivity contribution is 7.09. The molecular weight excluding hydrogens is 256 g/mol. The topological polar surface area (TPSA) is 34.1 Å². The molecule has 0 bridgehead atoms. The van der Waals surface area contributed by atoms with E-state index in [1.165, 1.54) is 5.56 Å². The zero-order valence-corrected chi connectivity index (χ0v) is 12.5. The SMILES string of the molecule is CCOc1ccccc1C(Cc1nc(C)cs1)NC. The van der Waals surface area contributed by atoms with E-state index in [1.54, 1.807) is 11.3 Å². The van der Waals surface area contributed by atoms with Crippen molar-refractivity contribution in [2.45, 2.75) is 26.3 Å². The Labute approximate surface area is 118 Å². The second-order valence-electron chi connectivity index (χ2n) is 4.40. The van der Waals surface area contributed by atoms with Crippen LogP contribution in [0, 0.1) is 6.92 Å². The van der Waals surface area contributed by atoms with Gasteiger partial charge in [0.25, 0.3) is 0 Å². The molecule has 1 aromatic carbocycles. The molecule has 0 amide bonds. The van der Waals surface area contributed by atoms with E-state index in [0.29, 0.717) is 6.61 Å². The summed E-state index contributed by atoms with van der Waals surface area (Å²) < 4.78 is 5.71. The summed E-state index contributed by atoms with van der Waals surface area (Å²) in [6.07, 6.45) is 0.888. The van der Waals surface area contributed by atoms with Gasteiger partial charge in [0, 0.05) is 29.1 Å². The van der Waals surface area contributed by atoms with Crippen molar-refractivity contribution < 1.29 is 4.74 Å². The standard InChI is InChI=1S/C15H20N2OS/c1-4-18-14-8-6-5-7-12(14)13(16-3)9-15-17-11(2)10-19-15/h5-8,10,13,16H,4,9H2,1-3H3. The van der Waals surface area contributed by atoms with Gasteiger partial charge in [-0.2, -0.15) is 0 Å². The molecule has 0 aliphatic carbocycles. The molecule has 0 aliphatic rings. The minimum Gasteiger partial charge on any atom is -0.494 e. The molecular formula is C15H20N2OS. The number of rotatable bonds is 6. The van der Waals surface area contributed by atoms with Crippen LogP contribution in [0.1, 0.15) is 29.2 Å². The van der Waals surface area contributed by atoms with Gasteiger partial charge in [0.2, 0.25) is 0 Å².